The third-order valence-corrected chi connectivity index (χ3v) is 6.02. The molecule has 1 aliphatic heterocycles. The molecule has 0 aromatic heterocycles. The lowest BCUT2D eigenvalue weighted by molar-refractivity contribution is -0.133. The van der Waals surface area contributed by atoms with Crippen LogP contribution in [0.15, 0.2) is 24.3 Å². The van der Waals surface area contributed by atoms with Crippen molar-refractivity contribution in [2.75, 3.05) is 24.6 Å². The zero-order chi connectivity index (χ0) is 17.1. The standard InChI is InChI=1S/C19H26N2O2S/c1-13-3-5-15(6-4-13)17-12-24-10-9-21(17)18(22)7-8-20-19(23)16-11-14(16)2/h3-6,14,16-17H,7-12H2,1-2H3,(H,20,23)/t14-,16-,17-/m0/s1. The van der Waals surface area contributed by atoms with Gasteiger partial charge in [0.2, 0.25) is 11.8 Å². The van der Waals surface area contributed by atoms with Crippen LogP contribution in [-0.4, -0.2) is 41.3 Å². The second-order valence-electron chi connectivity index (χ2n) is 6.95. The molecular weight excluding hydrogens is 320 g/mol. The number of nitrogens with one attached hydrogen (secondary N) is 1. The van der Waals surface area contributed by atoms with Gasteiger partial charge in [-0.1, -0.05) is 36.8 Å². The Balaban J connectivity index is 1.55. The summed E-state index contributed by atoms with van der Waals surface area (Å²) >= 11 is 1.90. The Bertz CT molecular complexity index is 602. The molecular formula is C19H26N2O2S. The van der Waals surface area contributed by atoms with Crippen LogP contribution < -0.4 is 5.32 Å². The molecule has 1 saturated heterocycles. The van der Waals surface area contributed by atoms with Gasteiger partial charge < -0.3 is 10.2 Å². The van der Waals surface area contributed by atoms with Gasteiger partial charge in [-0.05, 0) is 24.8 Å². The number of aryl methyl sites for hydroxylation is 1. The monoisotopic (exact) mass is 346 g/mol. The molecule has 4 nitrogen and oxygen atoms in total. The quantitative estimate of drug-likeness (QED) is 0.892. The minimum atomic E-state index is 0.111. The van der Waals surface area contributed by atoms with Crippen molar-refractivity contribution in [1.29, 1.82) is 0 Å². The molecule has 2 aliphatic rings. The SMILES string of the molecule is Cc1ccc([C@@H]2CSCCN2C(=O)CCNC(=O)[C@H]2C[C@@H]2C)cc1. The third kappa shape index (κ3) is 4.12. The number of thioether (sulfide) groups is 1. The first-order valence-corrected chi connectivity index (χ1v) is 9.93. The zero-order valence-corrected chi connectivity index (χ0v) is 15.3. The number of rotatable bonds is 5. The van der Waals surface area contributed by atoms with Crippen molar-refractivity contribution in [1.82, 2.24) is 10.2 Å². The van der Waals surface area contributed by atoms with Gasteiger partial charge in [0.1, 0.15) is 0 Å². The molecule has 1 N–H and O–H groups in total. The van der Waals surface area contributed by atoms with E-state index in [9.17, 15) is 9.59 Å². The summed E-state index contributed by atoms with van der Waals surface area (Å²) in [5.74, 6) is 2.86. The van der Waals surface area contributed by atoms with E-state index < -0.39 is 0 Å². The third-order valence-electron chi connectivity index (χ3n) is 5.00. The summed E-state index contributed by atoms with van der Waals surface area (Å²) in [6.07, 6.45) is 1.37. The molecule has 0 unspecified atom stereocenters. The van der Waals surface area contributed by atoms with E-state index in [0.29, 0.717) is 18.9 Å². The summed E-state index contributed by atoms with van der Waals surface area (Å²) in [6, 6.07) is 8.61. The van der Waals surface area contributed by atoms with E-state index in [0.717, 1.165) is 24.5 Å². The average molecular weight is 346 g/mol. The maximum absolute atomic E-state index is 12.6. The molecule has 0 radical (unpaired) electrons. The summed E-state index contributed by atoms with van der Waals surface area (Å²) in [6.45, 7) is 5.40. The first-order chi connectivity index (χ1) is 11.6. The van der Waals surface area contributed by atoms with Crippen LogP contribution in [0.3, 0.4) is 0 Å². The van der Waals surface area contributed by atoms with Crippen LogP contribution in [0.5, 0.6) is 0 Å². The number of amides is 2. The molecule has 3 rings (SSSR count). The fraction of sp³-hybridized carbons (Fsp3) is 0.579. The largest absolute Gasteiger partial charge is 0.355 e. The van der Waals surface area contributed by atoms with Crippen LogP contribution in [0.25, 0.3) is 0 Å². The highest BCUT2D eigenvalue weighted by molar-refractivity contribution is 7.99. The number of carbonyl (C=O) groups excluding carboxylic acids is 2. The zero-order valence-electron chi connectivity index (χ0n) is 14.5. The van der Waals surface area contributed by atoms with Crippen LogP contribution in [0.1, 0.15) is 36.9 Å². The Morgan fingerprint density at radius 2 is 2.00 bits per heavy atom. The second-order valence-corrected chi connectivity index (χ2v) is 8.10. The van der Waals surface area contributed by atoms with Gasteiger partial charge in [-0.2, -0.15) is 11.8 Å². The predicted octanol–water partition coefficient (Wildman–Crippen LogP) is 2.77. The summed E-state index contributed by atoms with van der Waals surface area (Å²) in [4.78, 5) is 26.5. The van der Waals surface area contributed by atoms with E-state index in [4.69, 9.17) is 0 Å². The normalized spacial score (nSPS) is 26.1. The first kappa shape index (κ1) is 17.3. The number of nitrogens with zero attached hydrogens (tertiary/aromatic N) is 1. The van der Waals surface area contributed by atoms with Crippen molar-refractivity contribution in [2.45, 2.75) is 32.7 Å². The van der Waals surface area contributed by atoms with E-state index >= 15 is 0 Å². The minimum Gasteiger partial charge on any atom is -0.355 e. The molecule has 24 heavy (non-hydrogen) atoms. The lowest BCUT2D eigenvalue weighted by Gasteiger charge is -2.36. The van der Waals surface area contributed by atoms with Crippen molar-refractivity contribution in [2.24, 2.45) is 11.8 Å². The second kappa shape index (κ2) is 7.60. The highest BCUT2D eigenvalue weighted by atomic mass is 32.2. The lowest BCUT2D eigenvalue weighted by Crippen LogP contribution is -2.42. The van der Waals surface area contributed by atoms with Gasteiger partial charge in [-0.25, -0.2) is 0 Å². The Morgan fingerprint density at radius 3 is 2.67 bits per heavy atom. The van der Waals surface area contributed by atoms with Crippen LogP contribution in [-0.2, 0) is 9.59 Å². The van der Waals surface area contributed by atoms with Crippen molar-refractivity contribution >= 4 is 23.6 Å². The van der Waals surface area contributed by atoms with Gasteiger partial charge in [-0.3, -0.25) is 9.59 Å². The fourth-order valence-corrected chi connectivity index (χ4v) is 4.31. The highest BCUT2D eigenvalue weighted by Gasteiger charge is 2.38. The molecule has 1 aromatic carbocycles. The summed E-state index contributed by atoms with van der Waals surface area (Å²) in [5.41, 5.74) is 2.44. The molecule has 1 aromatic rings. The molecule has 1 aliphatic carbocycles. The minimum absolute atomic E-state index is 0.111. The van der Waals surface area contributed by atoms with Crippen molar-refractivity contribution < 1.29 is 9.59 Å². The number of hydrogen-bond donors (Lipinski definition) is 1. The number of hydrogen-bond acceptors (Lipinski definition) is 3. The van der Waals surface area contributed by atoms with Crippen LogP contribution in [0.4, 0.5) is 0 Å². The Labute approximate surface area is 148 Å². The van der Waals surface area contributed by atoms with E-state index in [1.807, 2.05) is 16.7 Å². The molecule has 2 amide bonds. The van der Waals surface area contributed by atoms with Crippen LogP contribution in [0, 0.1) is 18.8 Å². The van der Waals surface area contributed by atoms with Crippen molar-refractivity contribution in [3.63, 3.8) is 0 Å². The van der Waals surface area contributed by atoms with E-state index in [1.165, 1.54) is 11.1 Å². The lowest BCUT2D eigenvalue weighted by atomic mass is 10.0. The maximum atomic E-state index is 12.6. The smallest absolute Gasteiger partial charge is 0.224 e. The molecule has 1 saturated carbocycles. The van der Waals surface area contributed by atoms with Gasteiger partial charge in [0.25, 0.3) is 0 Å². The van der Waals surface area contributed by atoms with Crippen LogP contribution >= 0.6 is 11.8 Å². The summed E-state index contributed by atoms with van der Waals surface area (Å²) in [5, 5.41) is 2.92. The van der Waals surface area contributed by atoms with E-state index in [2.05, 4.69) is 43.4 Å². The van der Waals surface area contributed by atoms with Crippen molar-refractivity contribution in [3.05, 3.63) is 35.4 Å². The molecule has 0 bridgehead atoms. The van der Waals surface area contributed by atoms with Gasteiger partial charge in [0.15, 0.2) is 0 Å². The molecule has 130 valence electrons. The first-order valence-electron chi connectivity index (χ1n) is 8.77. The van der Waals surface area contributed by atoms with Gasteiger partial charge >= 0.3 is 0 Å². The Kier molecular flexibility index (Phi) is 5.49. The average Bonchev–Trinajstić information content (AvgIpc) is 3.32. The molecule has 3 atom stereocenters. The molecule has 5 heteroatoms. The van der Waals surface area contributed by atoms with Gasteiger partial charge in [0, 0.05) is 36.9 Å². The van der Waals surface area contributed by atoms with Gasteiger partial charge in [-0.15, -0.1) is 0 Å². The Morgan fingerprint density at radius 1 is 1.29 bits per heavy atom. The molecule has 0 spiro atoms. The van der Waals surface area contributed by atoms with E-state index in [1.54, 1.807) is 0 Å². The molecule has 1 heterocycles. The van der Waals surface area contributed by atoms with E-state index in [-0.39, 0.29) is 23.8 Å². The van der Waals surface area contributed by atoms with Crippen LogP contribution in [0.2, 0.25) is 0 Å². The van der Waals surface area contributed by atoms with Crippen molar-refractivity contribution in [3.8, 4) is 0 Å². The summed E-state index contributed by atoms with van der Waals surface area (Å²) in [7, 11) is 0. The van der Waals surface area contributed by atoms with Gasteiger partial charge in [0.05, 0.1) is 6.04 Å². The topological polar surface area (TPSA) is 49.4 Å². The number of carbonyl (C=O) groups is 2. The molecule has 2 fully saturated rings. The predicted molar refractivity (Wildman–Crippen MR) is 97.9 cm³/mol. The summed E-state index contributed by atoms with van der Waals surface area (Å²) < 4.78 is 0. The fourth-order valence-electron chi connectivity index (χ4n) is 3.22. The number of benzene rings is 1. The maximum Gasteiger partial charge on any atom is 0.224 e. The Hall–Kier alpha value is -1.49. The highest BCUT2D eigenvalue weighted by Crippen LogP contribution is 2.37.